The first kappa shape index (κ1) is 65.3. The van der Waals surface area contributed by atoms with Crippen molar-refractivity contribution in [1.29, 1.82) is 0 Å². The highest BCUT2D eigenvalue weighted by molar-refractivity contribution is 6.07. The lowest BCUT2D eigenvalue weighted by molar-refractivity contribution is -0.151. The molecule has 24 heteroatoms. The van der Waals surface area contributed by atoms with Gasteiger partial charge < -0.3 is 46.3 Å². The summed E-state index contributed by atoms with van der Waals surface area (Å²) in [5, 5.41) is 17.9. The van der Waals surface area contributed by atoms with E-state index in [-0.39, 0.29) is 98.0 Å². The first-order valence-electron chi connectivity index (χ1n) is 27.2. The molecule has 18 nitrogen and oxygen atoms in total. The molecule has 446 valence electrons. The molecule has 6 N–H and O–H groups in total. The van der Waals surface area contributed by atoms with Gasteiger partial charge in [0.1, 0.15) is 41.8 Å². The van der Waals surface area contributed by atoms with Crippen LogP contribution < -0.4 is 31.9 Å². The topological polar surface area (TPSA) is 206 Å². The fourth-order valence-corrected chi connectivity index (χ4v) is 11.4. The lowest BCUT2D eigenvalue weighted by atomic mass is 9.82. The number of para-hydroxylation sites is 1. The summed E-state index contributed by atoms with van der Waals surface area (Å²) in [5.41, 5.74) is 2.00. The zero-order valence-electron chi connectivity index (χ0n) is 46.6. The van der Waals surface area contributed by atoms with Gasteiger partial charge in [-0.3, -0.25) is 43.5 Å². The Morgan fingerprint density at radius 3 is 2.26 bits per heavy atom. The van der Waals surface area contributed by atoms with Crippen molar-refractivity contribution in [3.8, 4) is 0 Å². The molecule has 0 spiro atoms. The molecule has 0 unspecified atom stereocenters. The second kappa shape index (κ2) is 28.6. The summed E-state index contributed by atoms with van der Waals surface area (Å²) in [6, 6.07) is 16.5. The predicted molar refractivity (Wildman–Crippen MR) is 312 cm³/mol. The average Bonchev–Trinajstić information content (AvgIpc) is 4.13. The van der Waals surface area contributed by atoms with E-state index < -0.39 is 82.9 Å². The molecule has 0 aromatic heterocycles. The molecule has 3 fully saturated rings. The van der Waals surface area contributed by atoms with Crippen LogP contribution in [0.3, 0.4) is 0 Å². The summed E-state index contributed by atoms with van der Waals surface area (Å²) in [7, 11) is 1.61. The number of carbonyl (C=O) groups excluding carboxylic acids is 6. The van der Waals surface area contributed by atoms with Gasteiger partial charge in [0.05, 0.1) is 31.2 Å². The maximum absolute atomic E-state index is 15.3. The van der Waals surface area contributed by atoms with Gasteiger partial charge in [-0.2, -0.15) is 0 Å². The smallest absolute Gasteiger partial charge is 0.252 e. The molecule has 6 amide bonds. The Bertz CT molecular complexity index is 2930. The number of amides is 6. The number of rotatable bonds is 17. The summed E-state index contributed by atoms with van der Waals surface area (Å²) in [5.74, 6) is -6.71. The number of nitrogens with zero attached hydrogens (tertiary/aromatic N) is 4. The molecule has 5 aliphatic rings. The van der Waals surface area contributed by atoms with E-state index in [1.165, 1.54) is 23.1 Å². The molecule has 7 atom stereocenters. The molecule has 4 aromatic carbocycles. The number of benzene rings is 4. The Morgan fingerprint density at radius 2 is 1.56 bits per heavy atom. The van der Waals surface area contributed by atoms with E-state index in [0.29, 0.717) is 82.1 Å². The fourth-order valence-electron chi connectivity index (χ4n) is 11.4. The molecule has 3 saturated heterocycles. The molecule has 0 bridgehead atoms. The Morgan fingerprint density at radius 1 is 0.854 bits per heavy atom. The zero-order chi connectivity index (χ0) is 56.1. The van der Waals surface area contributed by atoms with Crippen LogP contribution in [0, 0.1) is 23.4 Å². The van der Waals surface area contributed by atoms with Crippen molar-refractivity contribution in [3.63, 3.8) is 0 Å². The number of nitrogens with one attached hydrogen (secondary N) is 6. The summed E-state index contributed by atoms with van der Waals surface area (Å²) < 4.78 is 55.3. The number of carbonyl (C=O) groups is 6. The number of hydrogen-bond donors (Lipinski definition) is 6. The number of likely N-dealkylation sites (N-methyl/N-ethyl adjacent to an activating group) is 1. The average molecular weight is 1200 g/mol. The number of hydrogen-bond acceptors (Lipinski definition) is 13. The van der Waals surface area contributed by atoms with Crippen molar-refractivity contribution >= 4 is 89.7 Å². The van der Waals surface area contributed by atoms with Crippen LogP contribution in [0.4, 0.5) is 30.2 Å². The van der Waals surface area contributed by atoms with E-state index in [1.54, 1.807) is 45.2 Å². The van der Waals surface area contributed by atoms with Gasteiger partial charge in [-0.15, -0.1) is 37.2 Å². The lowest BCUT2D eigenvalue weighted by Gasteiger charge is -2.44. The van der Waals surface area contributed by atoms with Gasteiger partial charge in [0.15, 0.2) is 0 Å². The van der Waals surface area contributed by atoms with E-state index in [1.807, 2.05) is 25.1 Å². The highest BCUT2D eigenvalue weighted by Crippen LogP contribution is 2.41. The van der Waals surface area contributed by atoms with Gasteiger partial charge in [-0.05, 0) is 130 Å². The normalized spacial score (nSPS) is 22.3. The molecular formula is C58H74Cl3F3N10O8. The Balaban J connectivity index is 0.00000360. The quantitative estimate of drug-likeness (QED) is 0.0768. The highest BCUT2D eigenvalue weighted by Gasteiger charge is 2.48. The molecule has 0 radical (unpaired) electrons. The third kappa shape index (κ3) is 14.7. The number of anilines is 3. The van der Waals surface area contributed by atoms with Gasteiger partial charge in [-0.1, -0.05) is 36.4 Å². The SMILES string of the molecule is CN[C@@H](C)C(=O)N[C@H](C(=O)N1Cc2ccc(NC(=O)CN(C(=O)CN3C[C@@H](C)NC[C@@H]3CN3CCOC[C@H]3C)C(=O)[C@]3(C)CNc4cc(Cc5ccc(F)cc5)ccc43)cc2[C@H]1C(=O)Nc1c(F)cccc1F)C1CCOCC1.Cl.Cl.Cl. The van der Waals surface area contributed by atoms with Crippen molar-refractivity contribution in [1.82, 2.24) is 35.6 Å². The number of halogens is 6. The number of piperazine rings is 1. The van der Waals surface area contributed by atoms with E-state index in [0.717, 1.165) is 40.8 Å². The van der Waals surface area contributed by atoms with Crippen LogP contribution in [0.2, 0.25) is 0 Å². The third-order valence-electron chi connectivity index (χ3n) is 16.2. The van der Waals surface area contributed by atoms with Gasteiger partial charge in [0.25, 0.3) is 5.91 Å². The van der Waals surface area contributed by atoms with Crippen LogP contribution in [0.1, 0.15) is 74.4 Å². The predicted octanol–water partition coefficient (Wildman–Crippen LogP) is 5.56. The Hall–Kier alpha value is -5.88. The van der Waals surface area contributed by atoms with Gasteiger partial charge in [0, 0.05) is 82.0 Å². The van der Waals surface area contributed by atoms with Crippen molar-refractivity contribution in [2.75, 3.05) is 95.2 Å². The number of fused-ring (bicyclic) bond motifs is 2. The monoisotopic (exact) mass is 1200 g/mol. The van der Waals surface area contributed by atoms with Gasteiger partial charge in [-0.25, -0.2) is 13.2 Å². The van der Waals surface area contributed by atoms with E-state index >= 15 is 18.4 Å². The second-order valence-electron chi connectivity index (χ2n) is 21.8. The van der Waals surface area contributed by atoms with Crippen LogP contribution in [-0.2, 0) is 56.6 Å². The standard InChI is InChI=1S/C58H71F3N10O8.3ClH/c1-34-27-69(43(26-63-34)29-68-19-22-79-32-35(68)2)31-50(73)70(57(77)58(4)33-64-48-24-38(11-16-45(48)58)23-37-9-13-41(59)14-10-37)30-49(72)65-42-15-12-40-28-71(53(44(40)25-42)55(75)67-52-46(60)7-6-8-47(52)61)56(76)51(39-17-20-78-21-18-39)66-54(74)36(3)62-5;;;/h6-16,24-25,34-36,39,43,51,53,62-64H,17-23,26-33H2,1-5H3,(H,65,72)(H,66,74)(H,67,75);3*1H/t34-,35-,36+,43-,51+,53+,58-;;;/m1.../s1. The van der Waals surface area contributed by atoms with Gasteiger partial charge in [0.2, 0.25) is 29.5 Å². The lowest BCUT2D eigenvalue weighted by Crippen LogP contribution is -2.63. The van der Waals surface area contributed by atoms with E-state index in [2.05, 4.69) is 48.6 Å². The summed E-state index contributed by atoms with van der Waals surface area (Å²) >= 11 is 0. The van der Waals surface area contributed by atoms with Crippen molar-refractivity contribution in [2.24, 2.45) is 5.92 Å². The minimum atomic E-state index is -1.50. The highest BCUT2D eigenvalue weighted by atomic mass is 35.5. The molecule has 0 aliphatic carbocycles. The van der Waals surface area contributed by atoms with Crippen LogP contribution >= 0.6 is 37.2 Å². The summed E-state index contributed by atoms with van der Waals surface area (Å²) in [6.45, 7) is 11.0. The van der Waals surface area contributed by atoms with Crippen molar-refractivity contribution < 1.29 is 51.4 Å². The maximum atomic E-state index is 15.3. The van der Waals surface area contributed by atoms with Crippen LogP contribution in [0.5, 0.6) is 0 Å². The van der Waals surface area contributed by atoms with Crippen molar-refractivity contribution in [2.45, 2.75) is 95.2 Å². The van der Waals surface area contributed by atoms with Crippen LogP contribution in [0.25, 0.3) is 0 Å². The number of morpholine rings is 1. The summed E-state index contributed by atoms with van der Waals surface area (Å²) in [4.78, 5) is 94.4. The first-order valence-corrected chi connectivity index (χ1v) is 27.2. The molecule has 0 saturated carbocycles. The number of ether oxygens (including phenoxy) is 2. The number of imide groups is 1. The third-order valence-corrected chi connectivity index (χ3v) is 16.2. The Kier molecular flexibility index (Phi) is 22.8. The largest absolute Gasteiger partial charge is 0.383 e. The first-order chi connectivity index (χ1) is 37.9. The molecular weight excluding hydrogens is 1130 g/mol. The molecule has 82 heavy (non-hydrogen) atoms. The fraction of sp³-hybridized carbons (Fsp3) is 0.483. The molecule has 4 aromatic rings. The molecule has 5 heterocycles. The van der Waals surface area contributed by atoms with E-state index in [4.69, 9.17) is 9.47 Å². The minimum absolute atomic E-state index is 0. The summed E-state index contributed by atoms with van der Waals surface area (Å²) in [6.07, 6.45) is 1.38. The zero-order valence-corrected chi connectivity index (χ0v) is 49.0. The Labute approximate surface area is 494 Å². The second-order valence-corrected chi connectivity index (χ2v) is 21.8. The van der Waals surface area contributed by atoms with Crippen LogP contribution in [-0.4, -0.2) is 165 Å². The minimum Gasteiger partial charge on any atom is -0.383 e. The molecule has 9 rings (SSSR count). The molecule has 5 aliphatic heterocycles. The van der Waals surface area contributed by atoms with Crippen LogP contribution in [0.15, 0.2) is 78.9 Å². The van der Waals surface area contributed by atoms with Gasteiger partial charge >= 0.3 is 0 Å². The van der Waals surface area contributed by atoms with Crippen molar-refractivity contribution in [3.05, 3.63) is 124 Å². The van der Waals surface area contributed by atoms with E-state index in [9.17, 15) is 23.6 Å². The maximum Gasteiger partial charge on any atom is 0.252 e.